The fourth-order valence-corrected chi connectivity index (χ4v) is 1.84. The van der Waals surface area contributed by atoms with E-state index in [9.17, 15) is 9.00 Å². The van der Waals surface area contributed by atoms with Gasteiger partial charge >= 0.3 is 0 Å². The second-order valence-corrected chi connectivity index (χ2v) is 6.73. The van der Waals surface area contributed by atoms with Crippen LogP contribution in [0.1, 0.15) is 33.6 Å². The first-order valence-corrected chi connectivity index (χ1v) is 6.55. The summed E-state index contributed by atoms with van der Waals surface area (Å²) >= 11 is 0. The van der Waals surface area contributed by atoms with Gasteiger partial charge in [-0.15, -0.1) is 12.4 Å². The van der Waals surface area contributed by atoms with Crippen molar-refractivity contribution in [1.29, 1.82) is 0 Å². The molecule has 6 heteroatoms. The van der Waals surface area contributed by atoms with Crippen molar-refractivity contribution < 1.29 is 9.00 Å². The zero-order valence-corrected chi connectivity index (χ0v) is 11.9. The molecule has 16 heavy (non-hydrogen) atoms. The summed E-state index contributed by atoms with van der Waals surface area (Å²) in [6.45, 7) is 6.80. The van der Waals surface area contributed by atoms with Gasteiger partial charge in [-0.3, -0.25) is 9.00 Å². The van der Waals surface area contributed by atoms with Crippen LogP contribution >= 0.6 is 12.4 Å². The Kier molecular flexibility index (Phi) is 10.2. The van der Waals surface area contributed by atoms with Gasteiger partial charge in [-0.25, -0.2) is 0 Å². The number of amides is 1. The molecule has 98 valence electrons. The zero-order chi connectivity index (χ0) is 11.9. The summed E-state index contributed by atoms with van der Waals surface area (Å²) in [6, 6.07) is 0. The van der Waals surface area contributed by atoms with Crippen LogP contribution in [-0.4, -0.2) is 33.7 Å². The van der Waals surface area contributed by atoms with E-state index in [1.54, 1.807) is 0 Å². The molecule has 0 fully saturated rings. The number of rotatable bonds is 6. The molecule has 0 heterocycles. The van der Waals surface area contributed by atoms with Crippen LogP contribution in [0.15, 0.2) is 0 Å². The van der Waals surface area contributed by atoms with E-state index in [1.165, 1.54) is 0 Å². The molecule has 0 spiro atoms. The minimum atomic E-state index is -0.899. The summed E-state index contributed by atoms with van der Waals surface area (Å²) in [6.07, 6.45) is 1.16. The summed E-state index contributed by atoms with van der Waals surface area (Å²) in [5.74, 6) is 0.504. The molecule has 0 radical (unpaired) electrons. The highest BCUT2D eigenvalue weighted by Gasteiger charge is 2.18. The van der Waals surface area contributed by atoms with Gasteiger partial charge in [0.15, 0.2) is 0 Å². The fourth-order valence-electron chi connectivity index (χ4n) is 0.940. The number of nitrogens with two attached hydrogens (primary N) is 1. The average Bonchev–Trinajstić information content (AvgIpc) is 2.13. The Morgan fingerprint density at radius 3 is 2.38 bits per heavy atom. The quantitative estimate of drug-likeness (QED) is 0.750. The third-order valence-corrected chi connectivity index (χ3v) is 3.84. The normalized spacial score (nSPS) is 12.8. The van der Waals surface area contributed by atoms with Gasteiger partial charge in [0.2, 0.25) is 5.91 Å². The van der Waals surface area contributed by atoms with E-state index in [0.717, 1.165) is 0 Å². The van der Waals surface area contributed by atoms with Crippen molar-refractivity contribution in [2.24, 2.45) is 5.73 Å². The number of carbonyl (C=O) groups excluding carboxylic acids is 1. The molecule has 1 amide bonds. The van der Waals surface area contributed by atoms with Crippen molar-refractivity contribution in [3.05, 3.63) is 0 Å². The Bertz CT molecular complexity index is 229. The molecule has 4 nitrogen and oxygen atoms in total. The highest BCUT2D eigenvalue weighted by Crippen LogP contribution is 2.10. The third-order valence-electron chi connectivity index (χ3n) is 1.90. The SMILES string of the molecule is CC(C)(C)S(=O)CCNC(=O)CCCN.Cl. The van der Waals surface area contributed by atoms with Crippen LogP contribution in [0.25, 0.3) is 0 Å². The third kappa shape index (κ3) is 9.12. The number of nitrogens with one attached hydrogen (secondary N) is 1. The summed E-state index contributed by atoms with van der Waals surface area (Å²) in [5.41, 5.74) is 5.28. The standard InChI is InChI=1S/C10H22N2O2S.ClH/c1-10(2,3)15(14)8-7-12-9(13)5-4-6-11;/h4-8,11H2,1-3H3,(H,12,13);1H. The Hall–Kier alpha value is -0.130. The van der Waals surface area contributed by atoms with E-state index in [-0.39, 0.29) is 23.1 Å². The van der Waals surface area contributed by atoms with Crippen LogP contribution in [-0.2, 0) is 15.6 Å². The van der Waals surface area contributed by atoms with Crippen molar-refractivity contribution in [2.45, 2.75) is 38.4 Å². The molecule has 0 aliphatic carbocycles. The van der Waals surface area contributed by atoms with Crippen LogP contribution in [0.3, 0.4) is 0 Å². The van der Waals surface area contributed by atoms with E-state index in [0.29, 0.717) is 31.7 Å². The second-order valence-electron chi connectivity index (χ2n) is 4.40. The van der Waals surface area contributed by atoms with E-state index in [1.807, 2.05) is 20.8 Å². The number of hydrogen-bond acceptors (Lipinski definition) is 3. The largest absolute Gasteiger partial charge is 0.355 e. The molecule has 0 bridgehead atoms. The minimum absolute atomic E-state index is 0. The van der Waals surface area contributed by atoms with Crippen molar-refractivity contribution in [3.8, 4) is 0 Å². The topological polar surface area (TPSA) is 72.2 Å². The first-order chi connectivity index (χ1) is 6.88. The molecule has 0 aliphatic rings. The van der Waals surface area contributed by atoms with Crippen LogP contribution in [0.4, 0.5) is 0 Å². The highest BCUT2D eigenvalue weighted by molar-refractivity contribution is 7.86. The smallest absolute Gasteiger partial charge is 0.220 e. The van der Waals surface area contributed by atoms with Gasteiger partial charge in [0.1, 0.15) is 0 Å². The van der Waals surface area contributed by atoms with Crippen molar-refractivity contribution in [2.75, 3.05) is 18.8 Å². The molecular formula is C10H23ClN2O2S. The van der Waals surface area contributed by atoms with Gasteiger partial charge in [0.05, 0.1) is 0 Å². The lowest BCUT2D eigenvalue weighted by atomic mass is 10.3. The van der Waals surface area contributed by atoms with Gasteiger partial charge in [0.25, 0.3) is 0 Å². The van der Waals surface area contributed by atoms with Crippen molar-refractivity contribution >= 4 is 29.1 Å². The van der Waals surface area contributed by atoms with Crippen LogP contribution in [0, 0.1) is 0 Å². The van der Waals surface area contributed by atoms with Gasteiger partial charge in [-0.05, 0) is 33.7 Å². The number of carbonyl (C=O) groups is 1. The van der Waals surface area contributed by atoms with Crippen LogP contribution < -0.4 is 11.1 Å². The predicted octanol–water partition coefficient (Wildman–Crippen LogP) is 0.810. The van der Waals surface area contributed by atoms with Gasteiger partial charge in [-0.2, -0.15) is 0 Å². The first kappa shape index (κ1) is 18.2. The van der Waals surface area contributed by atoms with Crippen LogP contribution in [0.5, 0.6) is 0 Å². The molecule has 1 unspecified atom stereocenters. The van der Waals surface area contributed by atoms with Gasteiger partial charge in [0, 0.05) is 34.3 Å². The molecule has 1 atom stereocenters. The average molecular weight is 271 g/mol. The lowest BCUT2D eigenvalue weighted by molar-refractivity contribution is -0.121. The van der Waals surface area contributed by atoms with E-state index < -0.39 is 10.8 Å². The summed E-state index contributed by atoms with van der Waals surface area (Å²) < 4.78 is 11.4. The number of hydrogen-bond donors (Lipinski definition) is 2. The molecule has 0 rings (SSSR count). The maximum absolute atomic E-state index is 11.6. The Balaban J connectivity index is 0. The van der Waals surface area contributed by atoms with E-state index in [4.69, 9.17) is 5.73 Å². The lowest BCUT2D eigenvalue weighted by Gasteiger charge is -2.17. The maximum atomic E-state index is 11.6. The lowest BCUT2D eigenvalue weighted by Crippen LogP contribution is -2.32. The first-order valence-electron chi connectivity index (χ1n) is 5.23. The molecule has 0 saturated heterocycles. The van der Waals surface area contributed by atoms with Crippen LogP contribution in [0.2, 0.25) is 0 Å². The van der Waals surface area contributed by atoms with Gasteiger partial charge in [-0.1, -0.05) is 0 Å². The van der Waals surface area contributed by atoms with E-state index in [2.05, 4.69) is 5.32 Å². The minimum Gasteiger partial charge on any atom is -0.355 e. The summed E-state index contributed by atoms with van der Waals surface area (Å²) in [7, 11) is -0.899. The maximum Gasteiger partial charge on any atom is 0.220 e. The Morgan fingerprint density at radius 1 is 1.38 bits per heavy atom. The Morgan fingerprint density at radius 2 is 1.94 bits per heavy atom. The molecule has 0 aromatic heterocycles. The summed E-state index contributed by atoms with van der Waals surface area (Å²) in [4.78, 5) is 11.2. The molecule has 0 aromatic carbocycles. The molecule has 3 N–H and O–H groups in total. The van der Waals surface area contributed by atoms with Crippen molar-refractivity contribution in [3.63, 3.8) is 0 Å². The molecular weight excluding hydrogens is 248 g/mol. The molecule has 0 saturated carbocycles. The Labute approximate surface area is 107 Å². The predicted molar refractivity (Wildman–Crippen MR) is 71.3 cm³/mol. The fraction of sp³-hybridized carbons (Fsp3) is 0.900. The monoisotopic (exact) mass is 270 g/mol. The summed E-state index contributed by atoms with van der Waals surface area (Å²) in [5, 5.41) is 2.73. The van der Waals surface area contributed by atoms with Crippen molar-refractivity contribution in [1.82, 2.24) is 5.32 Å². The number of halogens is 1. The molecule has 0 aliphatic heterocycles. The highest BCUT2D eigenvalue weighted by atomic mass is 35.5. The molecule has 0 aromatic rings. The van der Waals surface area contributed by atoms with Gasteiger partial charge < -0.3 is 11.1 Å². The second kappa shape index (κ2) is 8.96. The zero-order valence-electron chi connectivity index (χ0n) is 10.2. The van der Waals surface area contributed by atoms with E-state index >= 15 is 0 Å².